The van der Waals surface area contributed by atoms with Gasteiger partial charge in [-0.1, -0.05) is 36.4 Å². The van der Waals surface area contributed by atoms with E-state index >= 15 is 0 Å². The number of nitrogens with zero attached hydrogens (tertiary/aromatic N) is 4. The summed E-state index contributed by atoms with van der Waals surface area (Å²) in [6.45, 7) is 8.03. The number of para-hydroxylation sites is 1. The van der Waals surface area contributed by atoms with Crippen LogP contribution in [0.1, 0.15) is 61.0 Å². The highest BCUT2D eigenvalue weighted by Crippen LogP contribution is 2.33. The number of nitrogens with one attached hydrogen (secondary N) is 1. The van der Waals surface area contributed by atoms with Crippen LogP contribution in [-0.2, 0) is 0 Å². The SMILES string of the molecule is Cc1[nH]c2ccccc2c1C(=O)C(C)Sc1nnc(C(C)N2CCCCC2)n1-c1ccc(F)cc1. The average Bonchev–Trinajstić information content (AvgIpc) is 3.44. The molecule has 5 rings (SSSR count). The molecule has 0 bridgehead atoms. The zero-order valence-corrected chi connectivity index (χ0v) is 21.1. The fourth-order valence-corrected chi connectivity index (χ4v) is 5.87. The molecule has 0 saturated carbocycles. The zero-order valence-electron chi connectivity index (χ0n) is 20.3. The van der Waals surface area contributed by atoms with Crippen LogP contribution in [0.4, 0.5) is 4.39 Å². The Balaban J connectivity index is 1.49. The molecule has 2 aromatic carbocycles. The summed E-state index contributed by atoms with van der Waals surface area (Å²) in [6.07, 6.45) is 3.60. The summed E-state index contributed by atoms with van der Waals surface area (Å²) >= 11 is 1.39. The number of rotatable bonds is 7. The normalized spacial score (nSPS) is 16.5. The molecule has 182 valence electrons. The van der Waals surface area contributed by atoms with Crippen molar-refractivity contribution < 1.29 is 9.18 Å². The lowest BCUT2D eigenvalue weighted by atomic mass is 10.1. The maximum absolute atomic E-state index is 13.7. The van der Waals surface area contributed by atoms with Crippen LogP contribution < -0.4 is 0 Å². The number of aromatic amines is 1. The van der Waals surface area contributed by atoms with Crippen molar-refractivity contribution in [3.63, 3.8) is 0 Å². The van der Waals surface area contributed by atoms with E-state index < -0.39 is 0 Å². The predicted molar refractivity (Wildman–Crippen MR) is 138 cm³/mol. The molecule has 1 saturated heterocycles. The molecule has 8 heteroatoms. The lowest BCUT2D eigenvalue weighted by molar-refractivity contribution is 0.0995. The molecule has 0 amide bonds. The Morgan fingerprint density at radius 3 is 2.49 bits per heavy atom. The summed E-state index contributed by atoms with van der Waals surface area (Å²) in [5, 5.41) is 10.3. The van der Waals surface area contributed by atoms with Gasteiger partial charge < -0.3 is 4.98 Å². The molecule has 2 aromatic heterocycles. The number of likely N-dealkylation sites (tertiary alicyclic amines) is 1. The maximum Gasteiger partial charge on any atom is 0.196 e. The molecule has 35 heavy (non-hydrogen) atoms. The maximum atomic E-state index is 13.7. The van der Waals surface area contributed by atoms with E-state index in [1.54, 1.807) is 12.1 Å². The highest BCUT2D eigenvalue weighted by atomic mass is 32.2. The van der Waals surface area contributed by atoms with Gasteiger partial charge in [0.2, 0.25) is 0 Å². The number of benzene rings is 2. The van der Waals surface area contributed by atoms with Gasteiger partial charge in [-0.3, -0.25) is 14.3 Å². The molecular weight excluding hydrogens is 461 g/mol. The minimum absolute atomic E-state index is 0.0456. The first-order valence-electron chi connectivity index (χ1n) is 12.2. The Morgan fingerprint density at radius 2 is 1.74 bits per heavy atom. The van der Waals surface area contributed by atoms with Crippen molar-refractivity contribution in [1.29, 1.82) is 0 Å². The Morgan fingerprint density at radius 1 is 1.03 bits per heavy atom. The Kier molecular flexibility index (Phi) is 6.75. The van der Waals surface area contributed by atoms with Gasteiger partial charge in [-0.2, -0.15) is 0 Å². The summed E-state index contributed by atoms with van der Waals surface area (Å²) in [5.41, 5.74) is 3.33. The number of Topliss-reactive ketones (excluding diaryl/α,β-unsaturated/α-hetero) is 1. The molecule has 2 unspecified atom stereocenters. The van der Waals surface area contributed by atoms with Crippen molar-refractivity contribution in [1.82, 2.24) is 24.6 Å². The highest BCUT2D eigenvalue weighted by molar-refractivity contribution is 8.00. The van der Waals surface area contributed by atoms with Crippen LogP contribution in [0.5, 0.6) is 0 Å². The van der Waals surface area contributed by atoms with Crippen molar-refractivity contribution in [2.24, 2.45) is 0 Å². The summed E-state index contributed by atoms with van der Waals surface area (Å²) in [5.74, 6) is 0.563. The first-order valence-corrected chi connectivity index (χ1v) is 13.1. The van der Waals surface area contributed by atoms with E-state index in [1.807, 2.05) is 42.7 Å². The summed E-state index contributed by atoms with van der Waals surface area (Å²) < 4.78 is 15.7. The number of aryl methyl sites for hydroxylation is 1. The van der Waals surface area contributed by atoms with Crippen LogP contribution in [0.3, 0.4) is 0 Å². The van der Waals surface area contributed by atoms with Crippen LogP contribution in [0.25, 0.3) is 16.6 Å². The number of carbonyl (C=O) groups excluding carboxylic acids is 1. The second-order valence-corrected chi connectivity index (χ2v) is 10.5. The van der Waals surface area contributed by atoms with Crippen LogP contribution in [0, 0.1) is 12.7 Å². The number of carbonyl (C=O) groups is 1. The van der Waals surface area contributed by atoms with Crippen molar-refractivity contribution in [3.8, 4) is 5.69 Å². The molecule has 1 N–H and O–H groups in total. The van der Waals surface area contributed by atoms with E-state index in [2.05, 4.69) is 27.0 Å². The molecule has 1 fully saturated rings. The van der Waals surface area contributed by atoms with Crippen molar-refractivity contribution in [2.45, 2.75) is 56.5 Å². The van der Waals surface area contributed by atoms with Gasteiger partial charge in [0, 0.05) is 27.8 Å². The lowest BCUT2D eigenvalue weighted by Crippen LogP contribution is -2.33. The Bertz CT molecular complexity index is 1340. The van der Waals surface area contributed by atoms with Crippen molar-refractivity contribution in [2.75, 3.05) is 13.1 Å². The zero-order chi connectivity index (χ0) is 24.5. The number of hydrogen-bond donors (Lipinski definition) is 1. The van der Waals surface area contributed by atoms with Crippen LogP contribution in [0.2, 0.25) is 0 Å². The van der Waals surface area contributed by atoms with Gasteiger partial charge >= 0.3 is 0 Å². The molecule has 2 atom stereocenters. The molecule has 1 aliphatic rings. The number of H-pyrrole nitrogens is 1. The molecule has 4 aromatic rings. The van der Waals surface area contributed by atoms with E-state index in [0.717, 1.165) is 46.8 Å². The van der Waals surface area contributed by atoms with Crippen molar-refractivity contribution >= 4 is 28.4 Å². The molecule has 0 spiro atoms. The van der Waals surface area contributed by atoms with Gasteiger partial charge in [-0.25, -0.2) is 4.39 Å². The van der Waals surface area contributed by atoms with E-state index in [4.69, 9.17) is 0 Å². The lowest BCUT2D eigenvalue weighted by Gasteiger charge is -2.32. The number of hydrogen-bond acceptors (Lipinski definition) is 5. The Labute approximate surface area is 208 Å². The topological polar surface area (TPSA) is 66.8 Å². The molecule has 6 nitrogen and oxygen atoms in total. The van der Waals surface area contributed by atoms with E-state index in [-0.39, 0.29) is 22.9 Å². The minimum Gasteiger partial charge on any atom is -0.358 e. The van der Waals surface area contributed by atoms with Gasteiger partial charge in [0.1, 0.15) is 5.82 Å². The Hall–Kier alpha value is -2.97. The number of fused-ring (bicyclic) bond motifs is 1. The van der Waals surface area contributed by atoms with Crippen LogP contribution >= 0.6 is 11.8 Å². The number of thioether (sulfide) groups is 1. The number of aromatic nitrogens is 4. The fourth-order valence-electron chi connectivity index (χ4n) is 4.94. The summed E-state index contributed by atoms with van der Waals surface area (Å²) in [6, 6.07) is 14.3. The average molecular weight is 492 g/mol. The predicted octanol–water partition coefficient (Wildman–Crippen LogP) is 6.11. The fraction of sp³-hybridized carbons (Fsp3) is 0.370. The highest BCUT2D eigenvalue weighted by Gasteiger charge is 2.28. The van der Waals surface area contributed by atoms with Gasteiger partial charge in [-0.15, -0.1) is 10.2 Å². The monoisotopic (exact) mass is 491 g/mol. The molecule has 1 aliphatic heterocycles. The van der Waals surface area contributed by atoms with Crippen LogP contribution in [0.15, 0.2) is 53.7 Å². The van der Waals surface area contributed by atoms with E-state index in [0.29, 0.717) is 5.16 Å². The van der Waals surface area contributed by atoms with E-state index in [9.17, 15) is 9.18 Å². The summed E-state index contributed by atoms with van der Waals surface area (Å²) in [4.78, 5) is 19.3. The molecular formula is C27H30FN5OS. The van der Waals surface area contributed by atoms with E-state index in [1.165, 1.54) is 43.2 Å². The largest absolute Gasteiger partial charge is 0.358 e. The smallest absolute Gasteiger partial charge is 0.196 e. The standard InChI is InChI=1S/C27H30FN5OS/c1-17-24(22-9-5-6-10-23(22)29-17)25(34)19(3)35-27-31-30-26(18(2)32-15-7-4-8-16-32)33(27)21-13-11-20(28)12-14-21/h5-6,9-14,18-19,29H,4,7-8,15-16H2,1-3H3. The quantitative estimate of drug-likeness (QED) is 0.250. The minimum atomic E-state index is -0.380. The first-order chi connectivity index (χ1) is 16.9. The first kappa shape index (κ1) is 23.8. The van der Waals surface area contributed by atoms with Gasteiger partial charge in [0.25, 0.3) is 0 Å². The number of ketones is 1. The number of piperidine rings is 1. The van der Waals surface area contributed by atoms with Crippen molar-refractivity contribution in [3.05, 3.63) is 71.4 Å². The summed E-state index contributed by atoms with van der Waals surface area (Å²) in [7, 11) is 0. The third kappa shape index (κ3) is 4.65. The third-order valence-corrected chi connectivity index (χ3v) is 7.89. The second-order valence-electron chi connectivity index (χ2n) is 9.22. The molecule has 0 radical (unpaired) electrons. The molecule has 0 aliphatic carbocycles. The third-order valence-electron chi connectivity index (χ3n) is 6.85. The molecule has 3 heterocycles. The van der Waals surface area contributed by atoms with Gasteiger partial charge in [0.05, 0.1) is 11.3 Å². The van der Waals surface area contributed by atoms with Gasteiger partial charge in [0.15, 0.2) is 16.8 Å². The van der Waals surface area contributed by atoms with Crippen LogP contribution in [-0.4, -0.2) is 48.8 Å². The second kappa shape index (κ2) is 9.95. The van der Waals surface area contributed by atoms with Gasteiger partial charge in [-0.05, 0) is 77.0 Å². The number of halogens is 1.